The molecule has 2 aromatic heterocycles. The lowest BCUT2D eigenvalue weighted by Crippen LogP contribution is -2.23. The smallest absolute Gasteiger partial charge is 0.0701 e. The van der Waals surface area contributed by atoms with Crippen molar-refractivity contribution in [3.63, 3.8) is 0 Å². The average Bonchev–Trinajstić information content (AvgIpc) is 3.11. The van der Waals surface area contributed by atoms with Gasteiger partial charge in [-0.15, -0.1) is 11.3 Å². The lowest BCUT2D eigenvalue weighted by molar-refractivity contribution is 0.466. The predicted molar refractivity (Wildman–Crippen MR) is 94.0 cm³/mol. The summed E-state index contributed by atoms with van der Waals surface area (Å²) in [6, 6.07) is 7.29. The Balaban J connectivity index is 2.09. The van der Waals surface area contributed by atoms with E-state index in [4.69, 9.17) is 5.10 Å². The molecule has 0 amide bonds. The quantitative estimate of drug-likeness (QED) is 0.712. The van der Waals surface area contributed by atoms with Crippen LogP contribution < -0.4 is 5.32 Å². The van der Waals surface area contributed by atoms with Gasteiger partial charge in [0.05, 0.1) is 9.48 Å². The number of hydrogen-bond donors (Lipinski definition) is 1. The standard InChI is InChI=1S/C16H24BrN3S/c1-4-9-18-14(15-6-7-16(17)21-15)11-13-8-10-20(19-13)12(3)5-2/h6-8,10,12,14,18H,4-5,9,11H2,1-3H3. The topological polar surface area (TPSA) is 29.9 Å². The van der Waals surface area contributed by atoms with Crippen LogP contribution in [0.15, 0.2) is 28.2 Å². The fourth-order valence-electron chi connectivity index (χ4n) is 2.24. The van der Waals surface area contributed by atoms with Gasteiger partial charge >= 0.3 is 0 Å². The van der Waals surface area contributed by atoms with Crippen molar-refractivity contribution in [3.05, 3.63) is 38.8 Å². The Labute approximate surface area is 139 Å². The Kier molecular flexibility index (Phi) is 6.45. The van der Waals surface area contributed by atoms with E-state index in [1.807, 2.05) is 0 Å². The minimum absolute atomic E-state index is 0.349. The maximum Gasteiger partial charge on any atom is 0.0701 e. The van der Waals surface area contributed by atoms with E-state index in [0.717, 1.165) is 31.5 Å². The molecule has 0 fully saturated rings. The Hall–Kier alpha value is -0.650. The van der Waals surface area contributed by atoms with Crippen molar-refractivity contribution in [3.8, 4) is 0 Å². The summed E-state index contributed by atoms with van der Waals surface area (Å²) >= 11 is 5.36. The van der Waals surface area contributed by atoms with Crippen LogP contribution in [0.1, 0.15) is 56.3 Å². The highest BCUT2D eigenvalue weighted by atomic mass is 79.9. The molecule has 2 rings (SSSR count). The van der Waals surface area contributed by atoms with Crippen LogP contribution in [0.25, 0.3) is 0 Å². The van der Waals surface area contributed by atoms with Crippen LogP contribution >= 0.6 is 27.3 Å². The van der Waals surface area contributed by atoms with E-state index >= 15 is 0 Å². The van der Waals surface area contributed by atoms with Crippen LogP contribution in [0.3, 0.4) is 0 Å². The molecular weight excluding hydrogens is 346 g/mol. The van der Waals surface area contributed by atoms with Crippen LogP contribution in [0.2, 0.25) is 0 Å². The monoisotopic (exact) mass is 369 g/mol. The summed E-state index contributed by atoms with van der Waals surface area (Å²) in [6.45, 7) is 7.64. The first-order valence-corrected chi connectivity index (χ1v) is 9.27. The molecule has 3 nitrogen and oxygen atoms in total. The molecular formula is C16H24BrN3S. The van der Waals surface area contributed by atoms with Gasteiger partial charge in [0.1, 0.15) is 0 Å². The molecule has 0 saturated heterocycles. The predicted octanol–water partition coefficient (Wildman–Crippen LogP) is 4.96. The second-order valence-corrected chi connectivity index (χ2v) is 7.89. The van der Waals surface area contributed by atoms with E-state index in [0.29, 0.717) is 12.1 Å². The zero-order valence-corrected chi connectivity index (χ0v) is 15.4. The number of halogens is 1. The van der Waals surface area contributed by atoms with Gasteiger partial charge in [-0.3, -0.25) is 4.68 Å². The SMILES string of the molecule is CCCNC(Cc1ccn(C(C)CC)n1)c1ccc(Br)s1. The highest BCUT2D eigenvalue weighted by Gasteiger charge is 2.16. The molecule has 0 aliphatic rings. The van der Waals surface area contributed by atoms with E-state index in [9.17, 15) is 0 Å². The molecule has 0 aromatic carbocycles. The van der Waals surface area contributed by atoms with Gasteiger partial charge in [-0.25, -0.2) is 0 Å². The van der Waals surface area contributed by atoms with Crippen molar-refractivity contribution >= 4 is 27.3 Å². The molecule has 21 heavy (non-hydrogen) atoms. The maximum atomic E-state index is 4.73. The molecule has 0 bridgehead atoms. The van der Waals surface area contributed by atoms with Crippen molar-refractivity contribution in [2.75, 3.05) is 6.54 Å². The van der Waals surface area contributed by atoms with Crippen LogP contribution in [0.4, 0.5) is 0 Å². The Morgan fingerprint density at radius 1 is 1.33 bits per heavy atom. The van der Waals surface area contributed by atoms with Gasteiger partial charge in [-0.1, -0.05) is 13.8 Å². The summed E-state index contributed by atoms with van der Waals surface area (Å²) in [6.07, 6.45) is 5.29. The second-order valence-electron chi connectivity index (χ2n) is 5.40. The van der Waals surface area contributed by atoms with Gasteiger partial charge < -0.3 is 5.32 Å². The first kappa shape index (κ1) is 16.7. The van der Waals surface area contributed by atoms with Crippen molar-refractivity contribution in [2.24, 2.45) is 0 Å². The highest BCUT2D eigenvalue weighted by molar-refractivity contribution is 9.11. The zero-order chi connectivity index (χ0) is 15.2. The fourth-order valence-corrected chi connectivity index (χ4v) is 3.73. The Morgan fingerprint density at radius 3 is 2.76 bits per heavy atom. The normalized spacial score (nSPS) is 14.3. The van der Waals surface area contributed by atoms with Crippen molar-refractivity contribution in [1.29, 1.82) is 0 Å². The maximum absolute atomic E-state index is 4.73. The van der Waals surface area contributed by atoms with Gasteiger partial charge in [0, 0.05) is 29.6 Å². The molecule has 2 unspecified atom stereocenters. The van der Waals surface area contributed by atoms with Gasteiger partial charge in [-0.2, -0.15) is 5.10 Å². The number of thiophene rings is 1. The zero-order valence-electron chi connectivity index (χ0n) is 13.0. The number of nitrogens with one attached hydrogen (secondary N) is 1. The number of nitrogens with zero attached hydrogens (tertiary/aromatic N) is 2. The summed E-state index contributed by atoms with van der Waals surface area (Å²) in [4.78, 5) is 1.37. The first-order valence-electron chi connectivity index (χ1n) is 7.66. The molecule has 5 heteroatoms. The Morgan fingerprint density at radius 2 is 2.14 bits per heavy atom. The summed E-state index contributed by atoms with van der Waals surface area (Å²) in [7, 11) is 0. The van der Waals surface area contributed by atoms with Crippen LogP contribution in [0.5, 0.6) is 0 Å². The molecule has 0 spiro atoms. The molecule has 0 aliphatic heterocycles. The number of hydrogen-bond acceptors (Lipinski definition) is 3. The van der Waals surface area contributed by atoms with Crippen molar-refractivity contribution in [1.82, 2.24) is 15.1 Å². The molecule has 2 heterocycles. The van der Waals surface area contributed by atoms with E-state index in [1.54, 1.807) is 11.3 Å². The molecule has 2 aromatic rings. The van der Waals surface area contributed by atoms with E-state index in [1.165, 1.54) is 8.66 Å². The summed E-state index contributed by atoms with van der Waals surface area (Å²) < 4.78 is 3.27. The summed E-state index contributed by atoms with van der Waals surface area (Å²) in [5.41, 5.74) is 1.16. The summed E-state index contributed by atoms with van der Waals surface area (Å²) in [5, 5.41) is 8.37. The number of rotatable bonds is 8. The van der Waals surface area contributed by atoms with Gasteiger partial charge in [0.15, 0.2) is 0 Å². The van der Waals surface area contributed by atoms with E-state index < -0.39 is 0 Å². The molecule has 116 valence electrons. The van der Waals surface area contributed by atoms with Crippen molar-refractivity contribution in [2.45, 2.75) is 52.1 Å². The van der Waals surface area contributed by atoms with Gasteiger partial charge in [-0.05, 0) is 60.4 Å². The third-order valence-electron chi connectivity index (χ3n) is 3.70. The van der Waals surface area contributed by atoms with Crippen LogP contribution in [-0.2, 0) is 6.42 Å². The lowest BCUT2D eigenvalue weighted by atomic mass is 10.1. The third kappa shape index (κ3) is 4.66. The van der Waals surface area contributed by atoms with E-state index in [-0.39, 0.29) is 0 Å². The molecule has 1 N–H and O–H groups in total. The number of aromatic nitrogens is 2. The second kappa shape index (κ2) is 8.11. The molecule has 2 atom stereocenters. The lowest BCUT2D eigenvalue weighted by Gasteiger charge is -2.16. The van der Waals surface area contributed by atoms with Crippen molar-refractivity contribution < 1.29 is 0 Å². The molecule has 0 saturated carbocycles. The highest BCUT2D eigenvalue weighted by Crippen LogP contribution is 2.29. The van der Waals surface area contributed by atoms with Gasteiger partial charge in [0.2, 0.25) is 0 Å². The minimum Gasteiger partial charge on any atom is -0.309 e. The first-order chi connectivity index (χ1) is 10.1. The third-order valence-corrected chi connectivity index (χ3v) is 5.43. The summed E-state index contributed by atoms with van der Waals surface area (Å²) in [5.74, 6) is 0. The Bertz CT molecular complexity index is 549. The largest absolute Gasteiger partial charge is 0.309 e. The van der Waals surface area contributed by atoms with Crippen LogP contribution in [0, 0.1) is 0 Å². The average molecular weight is 370 g/mol. The molecule has 0 radical (unpaired) electrons. The molecule has 0 aliphatic carbocycles. The van der Waals surface area contributed by atoms with E-state index in [2.05, 4.69) is 71.1 Å². The van der Waals surface area contributed by atoms with Crippen LogP contribution in [-0.4, -0.2) is 16.3 Å². The fraction of sp³-hybridized carbons (Fsp3) is 0.562. The van der Waals surface area contributed by atoms with Gasteiger partial charge in [0.25, 0.3) is 0 Å². The minimum atomic E-state index is 0.349.